The molecule has 0 saturated carbocycles. The zero-order chi connectivity index (χ0) is 19.1. The van der Waals surface area contributed by atoms with Crippen LogP contribution in [0.4, 0.5) is 0 Å². The van der Waals surface area contributed by atoms with Crippen LogP contribution in [0.25, 0.3) is 11.4 Å². The number of hydrogen-bond donors (Lipinski definition) is 1. The largest absolute Gasteiger partial charge is 0.459 e. The van der Waals surface area contributed by atoms with Crippen molar-refractivity contribution in [2.45, 2.75) is 25.9 Å². The van der Waals surface area contributed by atoms with E-state index >= 15 is 0 Å². The lowest BCUT2D eigenvalue weighted by Crippen LogP contribution is -2.24. The first-order chi connectivity index (χ1) is 13.1. The second kappa shape index (κ2) is 8.75. The topological polar surface area (TPSA) is 120 Å². The van der Waals surface area contributed by atoms with Crippen molar-refractivity contribution in [1.29, 1.82) is 0 Å². The molecule has 0 aliphatic heterocycles. The molecular formula is C18H18N4O5. The summed E-state index contributed by atoms with van der Waals surface area (Å²) in [6.07, 6.45) is 4.59. The fraction of sp³-hybridized carbons (Fsp3) is 0.278. The number of furan rings is 1. The van der Waals surface area contributed by atoms with Crippen LogP contribution in [-0.2, 0) is 9.53 Å². The highest BCUT2D eigenvalue weighted by molar-refractivity contribution is 5.91. The third-order valence-electron chi connectivity index (χ3n) is 3.61. The van der Waals surface area contributed by atoms with Crippen LogP contribution in [-0.4, -0.2) is 33.5 Å². The molecule has 1 amide bonds. The molecule has 9 nitrogen and oxygen atoms in total. The minimum atomic E-state index is -0.673. The molecule has 0 fully saturated rings. The van der Waals surface area contributed by atoms with Gasteiger partial charge in [-0.15, -0.1) is 0 Å². The second-order valence-electron chi connectivity index (χ2n) is 5.67. The Labute approximate surface area is 154 Å². The van der Waals surface area contributed by atoms with E-state index in [0.717, 1.165) is 0 Å². The standard InChI is InChI=1S/C18H18N4O5/c1-12(18-21-16(22-27-18)13-5-2-8-19-11-13)26-15(23)7-3-9-20-17(24)14-6-4-10-25-14/h2,4-6,8,10-12H,3,7,9H2,1H3,(H,20,24). The molecule has 1 atom stereocenters. The zero-order valence-corrected chi connectivity index (χ0v) is 14.6. The number of amides is 1. The number of aromatic nitrogens is 3. The molecule has 0 aliphatic carbocycles. The Hall–Kier alpha value is -3.49. The molecule has 0 spiro atoms. The Kier molecular flexibility index (Phi) is 5.93. The molecule has 3 heterocycles. The van der Waals surface area contributed by atoms with E-state index < -0.39 is 12.1 Å². The van der Waals surface area contributed by atoms with E-state index in [1.54, 1.807) is 43.6 Å². The maximum absolute atomic E-state index is 11.9. The van der Waals surface area contributed by atoms with Gasteiger partial charge in [0.1, 0.15) is 0 Å². The molecule has 0 radical (unpaired) electrons. The fourth-order valence-corrected chi connectivity index (χ4v) is 2.25. The van der Waals surface area contributed by atoms with Gasteiger partial charge >= 0.3 is 5.97 Å². The predicted molar refractivity (Wildman–Crippen MR) is 92.3 cm³/mol. The summed E-state index contributed by atoms with van der Waals surface area (Å²) in [7, 11) is 0. The molecule has 9 heteroatoms. The summed E-state index contributed by atoms with van der Waals surface area (Å²) in [6, 6.07) is 6.76. The van der Waals surface area contributed by atoms with E-state index in [-0.39, 0.29) is 24.0 Å². The molecule has 0 bridgehead atoms. The Bertz CT molecular complexity index is 876. The van der Waals surface area contributed by atoms with Crippen molar-refractivity contribution in [2.75, 3.05) is 6.54 Å². The van der Waals surface area contributed by atoms with Gasteiger partial charge < -0.3 is 19.0 Å². The minimum Gasteiger partial charge on any atom is -0.459 e. The Morgan fingerprint density at radius 2 is 2.19 bits per heavy atom. The summed E-state index contributed by atoms with van der Waals surface area (Å²) in [5.41, 5.74) is 0.707. The van der Waals surface area contributed by atoms with Crippen molar-refractivity contribution in [1.82, 2.24) is 20.4 Å². The van der Waals surface area contributed by atoms with Gasteiger partial charge in [-0.25, -0.2) is 0 Å². The molecule has 0 aliphatic rings. The first-order valence-corrected chi connectivity index (χ1v) is 8.38. The smallest absolute Gasteiger partial charge is 0.306 e. The normalized spacial score (nSPS) is 11.7. The number of nitrogens with one attached hydrogen (secondary N) is 1. The summed E-state index contributed by atoms with van der Waals surface area (Å²) >= 11 is 0. The molecule has 3 rings (SSSR count). The molecule has 140 valence electrons. The summed E-state index contributed by atoms with van der Waals surface area (Å²) in [5, 5.41) is 6.52. The summed E-state index contributed by atoms with van der Waals surface area (Å²) < 4.78 is 15.4. The molecule has 0 saturated heterocycles. The Morgan fingerprint density at radius 1 is 1.30 bits per heavy atom. The van der Waals surface area contributed by atoms with Crippen LogP contribution in [0.1, 0.15) is 42.3 Å². The van der Waals surface area contributed by atoms with Crippen molar-refractivity contribution >= 4 is 11.9 Å². The number of pyridine rings is 1. The summed E-state index contributed by atoms with van der Waals surface area (Å²) in [5.74, 6) is 0.0633. The quantitative estimate of drug-likeness (QED) is 0.474. The van der Waals surface area contributed by atoms with E-state index in [1.165, 1.54) is 6.26 Å². The molecule has 3 aromatic heterocycles. The first-order valence-electron chi connectivity index (χ1n) is 8.38. The Morgan fingerprint density at radius 3 is 2.93 bits per heavy atom. The van der Waals surface area contributed by atoms with Crippen LogP contribution >= 0.6 is 0 Å². The number of esters is 1. The SMILES string of the molecule is CC(OC(=O)CCCNC(=O)c1ccco1)c1nc(-c2cccnc2)no1. The molecule has 27 heavy (non-hydrogen) atoms. The minimum absolute atomic E-state index is 0.145. The van der Waals surface area contributed by atoms with Gasteiger partial charge in [-0.2, -0.15) is 4.98 Å². The van der Waals surface area contributed by atoms with Crippen molar-refractivity contribution in [3.05, 3.63) is 54.6 Å². The van der Waals surface area contributed by atoms with Crippen molar-refractivity contribution in [3.8, 4) is 11.4 Å². The first kappa shape index (κ1) is 18.3. The van der Waals surface area contributed by atoms with E-state index in [2.05, 4.69) is 20.4 Å². The third-order valence-corrected chi connectivity index (χ3v) is 3.61. The van der Waals surface area contributed by atoms with Gasteiger partial charge in [0.05, 0.1) is 6.26 Å². The highest BCUT2D eigenvalue weighted by Gasteiger charge is 2.19. The van der Waals surface area contributed by atoms with Crippen LogP contribution in [0.3, 0.4) is 0 Å². The molecule has 1 unspecified atom stereocenters. The average Bonchev–Trinajstić information content (AvgIpc) is 3.38. The van der Waals surface area contributed by atoms with Gasteiger partial charge in [0, 0.05) is 30.9 Å². The van der Waals surface area contributed by atoms with Gasteiger partial charge in [-0.3, -0.25) is 14.6 Å². The van der Waals surface area contributed by atoms with E-state index in [1.807, 2.05) is 0 Å². The lowest BCUT2D eigenvalue weighted by molar-refractivity contribution is -0.149. The maximum atomic E-state index is 11.9. The van der Waals surface area contributed by atoms with Crippen LogP contribution in [0.2, 0.25) is 0 Å². The lowest BCUT2D eigenvalue weighted by atomic mass is 10.3. The van der Waals surface area contributed by atoms with Crippen LogP contribution in [0, 0.1) is 0 Å². The third kappa shape index (κ3) is 5.00. The molecule has 0 aromatic carbocycles. The number of nitrogens with zero attached hydrogens (tertiary/aromatic N) is 3. The number of carbonyl (C=O) groups excluding carboxylic acids is 2. The number of rotatable bonds is 8. The number of carbonyl (C=O) groups is 2. The zero-order valence-electron chi connectivity index (χ0n) is 14.6. The molecular weight excluding hydrogens is 352 g/mol. The Balaban J connectivity index is 1.41. The monoisotopic (exact) mass is 370 g/mol. The van der Waals surface area contributed by atoms with Crippen molar-refractivity contribution in [2.24, 2.45) is 0 Å². The highest BCUT2D eigenvalue weighted by atomic mass is 16.6. The fourth-order valence-electron chi connectivity index (χ4n) is 2.25. The van der Waals surface area contributed by atoms with E-state index in [0.29, 0.717) is 24.4 Å². The van der Waals surface area contributed by atoms with Gasteiger partial charge in [-0.1, -0.05) is 5.16 Å². The lowest BCUT2D eigenvalue weighted by Gasteiger charge is -2.09. The van der Waals surface area contributed by atoms with Crippen LogP contribution in [0.15, 0.2) is 51.9 Å². The summed E-state index contributed by atoms with van der Waals surface area (Å²) in [6.45, 7) is 1.98. The predicted octanol–water partition coefficient (Wildman–Crippen LogP) is 2.54. The van der Waals surface area contributed by atoms with Gasteiger partial charge in [-0.05, 0) is 37.6 Å². The van der Waals surface area contributed by atoms with Gasteiger partial charge in [0.15, 0.2) is 11.9 Å². The maximum Gasteiger partial charge on any atom is 0.306 e. The van der Waals surface area contributed by atoms with Crippen molar-refractivity contribution in [3.63, 3.8) is 0 Å². The number of ether oxygens (including phenoxy) is 1. The molecule has 3 aromatic rings. The highest BCUT2D eigenvalue weighted by Crippen LogP contribution is 2.20. The van der Waals surface area contributed by atoms with E-state index in [9.17, 15) is 9.59 Å². The number of hydrogen-bond acceptors (Lipinski definition) is 8. The van der Waals surface area contributed by atoms with Crippen molar-refractivity contribution < 1.29 is 23.3 Å². The van der Waals surface area contributed by atoms with Crippen LogP contribution < -0.4 is 5.32 Å². The van der Waals surface area contributed by atoms with E-state index in [4.69, 9.17) is 13.7 Å². The second-order valence-corrected chi connectivity index (χ2v) is 5.67. The summed E-state index contributed by atoms with van der Waals surface area (Å²) in [4.78, 5) is 31.8. The van der Waals surface area contributed by atoms with Crippen LogP contribution in [0.5, 0.6) is 0 Å². The van der Waals surface area contributed by atoms with Gasteiger partial charge in [0.2, 0.25) is 5.82 Å². The van der Waals surface area contributed by atoms with Gasteiger partial charge in [0.25, 0.3) is 11.8 Å². The average molecular weight is 370 g/mol. The molecule has 1 N–H and O–H groups in total.